The van der Waals surface area contributed by atoms with Gasteiger partial charge < -0.3 is 19.5 Å². The number of piperidine rings is 1. The van der Waals surface area contributed by atoms with E-state index in [1.807, 2.05) is 32.9 Å². The van der Waals surface area contributed by atoms with Crippen LogP contribution in [0.3, 0.4) is 0 Å². The molecule has 6 heteroatoms. The normalized spacial score (nSPS) is 22.7. The summed E-state index contributed by atoms with van der Waals surface area (Å²) in [4.78, 5) is 13.9. The molecule has 1 N–H and O–H groups in total. The number of ether oxygens (including phenoxy) is 2. The Morgan fingerprint density at radius 1 is 1.38 bits per heavy atom. The minimum absolute atomic E-state index is 0.294. The molecule has 1 atom stereocenters. The Balaban J connectivity index is 1.69. The zero-order valence-corrected chi connectivity index (χ0v) is 15.1. The zero-order valence-electron chi connectivity index (χ0n) is 14.3. The molecule has 1 fully saturated rings. The molecule has 2 aliphatic heterocycles. The largest absolute Gasteiger partial charge is 0.487 e. The summed E-state index contributed by atoms with van der Waals surface area (Å²) in [7, 11) is 0. The number of likely N-dealkylation sites (tertiary alicyclic amines) is 1. The van der Waals surface area contributed by atoms with Gasteiger partial charge >= 0.3 is 6.09 Å². The molecule has 1 unspecified atom stereocenters. The third-order valence-electron chi connectivity index (χ3n) is 4.56. The first kappa shape index (κ1) is 17.4. The Labute approximate surface area is 147 Å². The lowest BCUT2D eigenvalue weighted by Crippen LogP contribution is -2.52. The van der Waals surface area contributed by atoms with E-state index >= 15 is 0 Å². The molecule has 0 aliphatic carbocycles. The van der Waals surface area contributed by atoms with Crippen LogP contribution in [0.5, 0.6) is 5.75 Å². The molecule has 0 saturated carbocycles. The van der Waals surface area contributed by atoms with E-state index in [2.05, 4.69) is 0 Å². The lowest BCUT2D eigenvalue weighted by molar-refractivity contribution is -0.0568. The van der Waals surface area contributed by atoms with Gasteiger partial charge in [-0.05, 0) is 32.9 Å². The molecule has 0 radical (unpaired) electrons. The van der Waals surface area contributed by atoms with E-state index in [4.69, 9.17) is 21.1 Å². The summed E-state index contributed by atoms with van der Waals surface area (Å²) >= 11 is 6.18. The van der Waals surface area contributed by atoms with E-state index < -0.39 is 17.3 Å². The first-order valence-electron chi connectivity index (χ1n) is 8.33. The van der Waals surface area contributed by atoms with Crippen LogP contribution >= 0.6 is 11.6 Å². The number of rotatable bonds is 0. The Morgan fingerprint density at radius 3 is 2.67 bits per heavy atom. The molecule has 0 aromatic heterocycles. The number of fused-ring (bicyclic) bond motifs is 1. The van der Waals surface area contributed by atoms with Crippen LogP contribution in [0.15, 0.2) is 18.2 Å². The van der Waals surface area contributed by atoms with Crippen LogP contribution < -0.4 is 4.74 Å². The van der Waals surface area contributed by atoms with E-state index in [1.165, 1.54) is 0 Å². The van der Waals surface area contributed by atoms with Gasteiger partial charge in [0.1, 0.15) is 17.0 Å². The number of halogens is 1. The number of amides is 1. The van der Waals surface area contributed by atoms with E-state index in [-0.39, 0.29) is 6.09 Å². The summed E-state index contributed by atoms with van der Waals surface area (Å²) in [6, 6.07) is 5.42. The van der Waals surface area contributed by atoms with Crippen molar-refractivity contribution in [2.45, 2.75) is 57.3 Å². The third kappa shape index (κ3) is 3.47. The van der Waals surface area contributed by atoms with Crippen molar-refractivity contribution in [3.63, 3.8) is 0 Å². The molecule has 1 spiro atoms. The highest BCUT2D eigenvalue weighted by Gasteiger charge is 2.44. The van der Waals surface area contributed by atoms with Gasteiger partial charge in [0.2, 0.25) is 0 Å². The molecule has 1 aromatic carbocycles. The number of nitrogens with zero attached hydrogens (tertiary/aromatic N) is 1. The van der Waals surface area contributed by atoms with Gasteiger partial charge in [0.15, 0.2) is 0 Å². The first-order chi connectivity index (χ1) is 11.2. The molecule has 2 aliphatic rings. The fourth-order valence-corrected chi connectivity index (χ4v) is 3.68. The highest BCUT2D eigenvalue weighted by atomic mass is 35.5. The fourth-order valence-electron chi connectivity index (χ4n) is 3.39. The smallest absolute Gasteiger partial charge is 0.410 e. The van der Waals surface area contributed by atoms with Crippen LogP contribution in [-0.2, 0) is 4.74 Å². The third-order valence-corrected chi connectivity index (χ3v) is 4.89. The Bertz CT molecular complexity index is 632. The molecule has 1 amide bonds. The zero-order chi connectivity index (χ0) is 17.5. The predicted molar refractivity (Wildman–Crippen MR) is 91.4 cm³/mol. The minimum Gasteiger partial charge on any atom is -0.487 e. The predicted octanol–water partition coefficient (Wildman–Crippen LogP) is 3.93. The molecule has 132 valence electrons. The van der Waals surface area contributed by atoms with Crippen molar-refractivity contribution in [3.8, 4) is 5.75 Å². The monoisotopic (exact) mass is 353 g/mol. The van der Waals surface area contributed by atoms with Gasteiger partial charge in [0.05, 0.1) is 11.1 Å². The van der Waals surface area contributed by atoms with Crippen LogP contribution in [0.1, 0.15) is 51.7 Å². The Hall–Kier alpha value is -1.46. The van der Waals surface area contributed by atoms with Crippen LogP contribution in [-0.4, -0.2) is 40.4 Å². The number of hydrogen-bond acceptors (Lipinski definition) is 4. The SMILES string of the molecule is CC(C)(C)OC(=O)N1CCC2(CC1)CC(O)c1c(Cl)cccc1O2. The van der Waals surface area contributed by atoms with Crippen molar-refractivity contribution < 1.29 is 19.4 Å². The van der Waals surface area contributed by atoms with Crippen molar-refractivity contribution in [1.29, 1.82) is 0 Å². The molecule has 0 bridgehead atoms. The molecule has 2 heterocycles. The lowest BCUT2D eigenvalue weighted by Gasteiger charge is -2.46. The summed E-state index contributed by atoms with van der Waals surface area (Å²) in [6.45, 7) is 6.68. The van der Waals surface area contributed by atoms with Crippen LogP contribution in [0.25, 0.3) is 0 Å². The average Bonchev–Trinajstić information content (AvgIpc) is 2.45. The molecular formula is C18H24ClNO4. The second-order valence-electron chi connectivity index (χ2n) is 7.62. The number of carbonyl (C=O) groups is 1. The Morgan fingerprint density at radius 2 is 2.04 bits per heavy atom. The quantitative estimate of drug-likeness (QED) is 0.767. The van der Waals surface area contributed by atoms with Crippen LogP contribution in [0.2, 0.25) is 5.02 Å². The number of hydrogen-bond donors (Lipinski definition) is 1. The number of aliphatic hydroxyl groups is 1. The van der Waals surface area contributed by atoms with Gasteiger partial charge in [-0.25, -0.2) is 4.79 Å². The van der Waals surface area contributed by atoms with Gasteiger partial charge in [-0.15, -0.1) is 0 Å². The van der Waals surface area contributed by atoms with Crippen molar-refractivity contribution >= 4 is 17.7 Å². The number of carbonyl (C=O) groups excluding carboxylic acids is 1. The molecule has 24 heavy (non-hydrogen) atoms. The van der Waals surface area contributed by atoms with Crippen LogP contribution in [0, 0.1) is 0 Å². The van der Waals surface area contributed by atoms with E-state index in [1.54, 1.807) is 11.0 Å². The van der Waals surface area contributed by atoms with Crippen LogP contribution in [0.4, 0.5) is 4.79 Å². The molecule has 3 rings (SSSR count). The molecule has 5 nitrogen and oxygen atoms in total. The molecule has 1 saturated heterocycles. The van der Waals surface area contributed by atoms with Gasteiger partial charge in [0, 0.05) is 37.9 Å². The number of benzene rings is 1. The second-order valence-corrected chi connectivity index (χ2v) is 8.03. The topological polar surface area (TPSA) is 59.0 Å². The van der Waals surface area contributed by atoms with Gasteiger partial charge in [-0.1, -0.05) is 17.7 Å². The summed E-state index contributed by atoms with van der Waals surface area (Å²) in [5, 5.41) is 11.0. The standard InChI is InChI=1S/C18H24ClNO4/c1-17(2,3)24-16(22)20-9-7-18(8-10-20)11-13(21)15-12(19)5-4-6-14(15)23-18/h4-6,13,21H,7-11H2,1-3H3. The summed E-state index contributed by atoms with van der Waals surface area (Å²) in [5.74, 6) is 0.645. The summed E-state index contributed by atoms with van der Waals surface area (Å²) in [5.41, 5.74) is -0.283. The maximum Gasteiger partial charge on any atom is 0.410 e. The van der Waals surface area contributed by atoms with Gasteiger partial charge in [-0.2, -0.15) is 0 Å². The number of aliphatic hydroxyl groups excluding tert-OH is 1. The maximum absolute atomic E-state index is 12.2. The summed E-state index contributed by atoms with van der Waals surface area (Å²) < 4.78 is 11.6. The van der Waals surface area contributed by atoms with Crippen molar-refractivity contribution in [2.75, 3.05) is 13.1 Å². The molecular weight excluding hydrogens is 330 g/mol. The Kier molecular flexibility index (Phi) is 4.43. The maximum atomic E-state index is 12.2. The minimum atomic E-state index is -0.643. The molecule has 1 aromatic rings. The van der Waals surface area contributed by atoms with E-state index in [0.29, 0.717) is 48.7 Å². The summed E-state index contributed by atoms with van der Waals surface area (Å²) in [6.07, 6.45) is 0.879. The van der Waals surface area contributed by atoms with Crippen molar-refractivity contribution in [1.82, 2.24) is 4.90 Å². The highest BCUT2D eigenvalue weighted by molar-refractivity contribution is 6.31. The van der Waals surface area contributed by atoms with Crippen molar-refractivity contribution in [2.24, 2.45) is 0 Å². The van der Waals surface area contributed by atoms with Gasteiger partial charge in [-0.3, -0.25) is 0 Å². The van der Waals surface area contributed by atoms with Gasteiger partial charge in [0.25, 0.3) is 0 Å². The average molecular weight is 354 g/mol. The van der Waals surface area contributed by atoms with E-state index in [0.717, 1.165) is 0 Å². The highest BCUT2D eigenvalue weighted by Crippen LogP contribution is 2.46. The second kappa shape index (κ2) is 6.12. The van der Waals surface area contributed by atoms with E-state index in [9.17, 15) is 9.90 Å². The van der Waals surface area contributed by atoms with Crippen molar-refractivity contribution in [3.05, 3.63) is 28.8 Å². The lowest BCUT2D eigenvalue weighted by atomic mass is 9.82. The fraction of sp³-hybridized carbons (Fsp3) is 0.611. The first-order valence-corrected chi connectivity index (χ1v) is 8.70.